The van der Waals surface area contributed by atoms with Gasteiger partial charge in [0.05, 0.1) is 0 Å². The third-order valence-corrected chi connectivity index (χ3v) is 2.36. The second kappa shape index (κ2) is 5.36. The predicted molar refractivity (Wildman–Crippen MR) is 62.7 cm³/mol. The van der Waals surface area contributed by atoms with Crippen LogP contribution in [0.2, 0.25) is 5.02 Å². The highest BCUT2D eigenvalue weighted by Gasteiger charge is 1.94. The molecule has 0 radical (unpaired) electrons. The van der Waals surface area contributed by atoms with Gasteiger partial charge in [-0.25, -0.2) is 0 Å². The summed E-state index contributed by atoms with van der Waals surface area (Å²) in [5, 5.41) is 0.801. The van der Waals surface area contributed by atoms with Crippen LogP contribution in [-0.2, 0) is 6.42 Å². The number of thiocarbonyl (C=S) groups is 1. The molecule has 70 valence electrons. The minimum atomic E-state index is 0.801. The molecule has 0 spiro atoms. The van der Waals surface area contributed by atoms with Crippen molar-refractivity contribution < 1.29 is 0 Å². The lowest BCUT2D eigenvalue weighted by Gasteiger charge is -2.00. The van der Waals surface area contributed by atoms with Crippen LogP contribution in [0.15, 0.2) is 24.3 Å². The highest BCUT2D eigenvalue weighted by atomic mass is 35.5. The number of halogens is 1. The number of aryl methyl sites for hydroxylation is 1. The van der Waals surface area contributed by atoms with E-state index in [1.54, 1.807) is 0 Å². The number of rotatable bonds is 4. The first kappa shape index (κ1) is 10.7. The van der Waals surface area contributed by atoms with Crippen LogP contribution >= 0.6 is 23.8 Å². The maximum atomic E-state index is 5.78. The summed E-state index contributed by atoms with van der Waals surface area (Å²) in [6, 6.07) is 8.00. The zero-order valence-corrected chi connectivity index (χ0v) is 9.29. The maximum Gasteiger partial charge on any atom is 0.0406 e. The summed E-state index contributed by atoms with van der Waals surface area (Å²) in [7, 11) is 0. The second-order valence-electron chi connectivity index (χ2n) is 3.18. The first-order chi connectivity index (χ1) is 6.18. The van der Waals surface area contributed by atoms with Gasteiger partial charge in [-0.15, -0.1) is 0 Å². The number of hydrogen-bond acceptors (Lipinski definition) is 1. The molecule has 0 amide bonds. The van der Waals surface area contributed by atoms with Gasteiger partial charge >= 0.3 is 0 Å². The van der Waals surface area contributed by atoms with Gasteiger partial charge in [-0.05, 0) is 48.7 Å². The lowest BCUT2D eigenvalue weighted by molar-refractivity contribution is 0.870. The third-order valence-electron chi connectivity index (χ3n) is 1.91. The predicted octanol–water partition coefficient (Wildman–Crippen LogP) is 4.05. The molecule has 0 aliphatic heterocycles. The van der Waals surface area contributed by atoms with Gasteiger partial charge in [0.2, 0.25) is 0 Å². The molecule has 1 rings (SSSR count). The van der Waals surface area contributed by atoms with Crippen molar-refractivity contribution in [3.05, 3.63) is 34.9 Å². The Hall–Kier alpha value is -0.400. The smallest absolute Gasteiger partial charge is 0.0406 e. The van der Waals surface area contributed by atoms with Gasteiger partial charge in [-0.1, -0.05) is 36.0 Å². The average molecular weight is 213 g/mol. The van der Waals surface area contributed by atoms with Crippen LogP contribution in [0.4, 0.5) is 0 Å². The summed E-state index contributed by atoms with van der Waals surface area (Å²) < 4.78 is 0. The van der Waals surface area contributed by atoms with E-state index in [1.807, 2.05) is 19.1 Å². The van der Waals surface area contributed by atoms with Gasteiger partial charge in [0.1, 0.15) is 0 Å². The molecule has 1 aromatic carbocycles. The first-order valence-corrected chi connectivity index (χ1v) is 5.21. The Kier molecular flexibility index (Phi) is 4.40. The van der Waals surface area contributed by atoms with Crippen molar-refractivity contribution in [3.8, 4) is 0 Å². The third kappa shape index (κ3) is 4.39. The highest BCUT2D eigenvalue weighted by Crippen LogP contribution is 2.11. The van der Waals surface area contributed by atoms with Gasteiger partial charge < -0.3 is 0 Å². The van der Waals surface area contributed by atoms with E-state index < -0.39 is 0 Å². The van der Waals surface area contributed by atoms with Crippen molar-refractivity contribution in [3.63, 3.8) is 0 Å². The van der Waals surface area contributed by atoms with Gasteiger partial charge in [0, 0.05) is 5.02 Å². The Bertz CT molecular complexity index is 277. The Labute approximate surface area is 89.9 Å². The van der Waals surface area contributed by atoms with E-state index in [0.717, 1.165) is 29.1 Å². The molecular formula is C11H13ClS. The summed E-state index contributed by atoms with van der Waals surface area (Å²) in [6.45, 7) is 2.00. The fourth-order valence-corrected chi connectivity index (χ4v) is 1.46. The number of benzene rings is 1. The minimum Gasteiger partial charge on any atom is -0.0900 e. The maximum absolute atomic E-state index is 5.78. The zero-order valence-electron chi connectivity index (χ0n) is 7.72. The van der Waals surface area contributed by atoms with Crippen LogP contribution in [0.25, 0.3) is 0 Å². The normalized spacial score (nSPS) is 10.0. The van der Waals surface area contributed by atoms with E-state index >= 15 is 0 Å². The second-order valence-corrected chi connectivity index (χ2v) is 4.32. The van der Waals surface area contributed by atoms with Crippen molar-refractivity contribution >= 4 is 28.7 Å². The molecule has 1 aromatic rings. The summed E-state index contributed by atoms with van der Waals surface area (Å²) in [6.07, 6.45) is 3.26. The molecule has 0 aliphatic rings. The van der Waals surface area contributed by atoms with E-state index in [2.05, 4.69) is 12.1 Å². The van der Waals surface area contributed by atoms with Crippen molar-refractivity contribution in [2.45, 2.75) is 26.2 Å². The minimum absolute atomic E-state index is 0.801. The van der Waals surface area contributed by atoms with Gasteiger partial charge in [-0.3, -0.25) is 0 Å². The Morgan fingerprint density at radius 2 is 1.92 bits per heavy atom. The van der Waals surface area contributed by atoms with Crippen LogP contribution in [-0.4, -0.2) is 4.86 Å². The molecule has 0 heterocycles. The molecule has 0 aliphatic carbocycles. The molecule has 0 nitrogen and oxygen atoms in total. The van der Waals surface area contributed by atoms with Gasteiger partial charge in [-0.2, -0.15) is 0 Å². The molecule has 0 N–H and O–H groups in total. The monoisotopic (exact) mass is 212 g/mol. The van der Waals surface area contributed by atoms with Crippen LogP contribution in [0.3, 0.4) is 0 Å². The van der Waals surface area contributed by atoms with Crippen LogP contribution < -0.4 is 0 Å². The van der Waals surface area contributed by atoms with Gasteiger partial charge in [0.25, 0.3) is 0 Å². The fourth-order valence-electron chi connectivity index (χ4n) is 1.19. The SMILES string of the molecule is CC(=S)CCCc1ccc(Cl)cc1. The summed E-state index contributed by atoms with van der Waals surface area (Å²) in [4.78, 5) is 1.09. The lowest BCUT2D eigenvalue weighted by Crippen LogP contribution is -1.90. The Balaban J connectivity index is 2.37. The van der Waals surface area contributed by atoms with E-state index in [1.165, 1.54) is 5.56 Å². The quantitative estimate of drug-likeness (QED) is 0.679. The van der Waals surface area contributed by atoms with Crippen LogP contribution in [0, 0.1) is 0 Å². The summed E-state index contributed by atoms with van der Waals surface area (Å²) in [5.41, 5.74) is 1.33. The molecule has 0 bridgehead atoms. The average Bonchev–Trinajstić information content (AvgIpc) is 2.08. The number of hydrogen-bond donors (Lipinski definition) is 0. The van der Waals surface area contributed by atoms with Crippen molar-refractivity contribution in [1.29, 1.82) is 0 Å². The van der Waals surface area contributed by atoms with Crippen molar-refractivity contribution in [1.82, 2.24) is 0 Å². The molecule has 0 saturated heterocycles. The van der Waals surface area contributed by atoms with Crippen molar-refractivity contribution in [2.24, 2.45) is 0 Å². The lowest BCUT2D eigenvalue weighted by atomic mass is 10.1. The van der Waals surface area contributed by atoms with E-state index in [9.17, 15) is 0 Å². The van der Waals surface area contributed by atoms with E-state index in [0.29, 0.717) is 0 Å². The first-order valence-electron chi connectivity index (χ1n) is 4.42. The topological polar surface area (TPSA) is 0 Å². The molecule has 0 atom stereocenters. The van der Waals surface area contributed by atoms with Crippen LogP contribution in [0.1, 0.15) is 25.3 Å². The van der Waals surface area contributed by atoms with E-state index in [-0.39, 0.29) is 0 Å². The Morgan fingerprint density at radius 3 is 2.46 bits per heavy atom. The summed E-state index contributed by atoms with van der Waals surface area (Å²) >= 11 is 10.8. The van der Waals surface area contributed by atoms with Crippen molar-refractivity contribution in [2.75, 3.05) is 0 Å². The van der Waals surface area contributed by atoms with E-state index in [4.69, 9.17) is 23.8 Å². The molecular weight excluding hydrogens is 200 g/mol. The fraction of sp³-hybridized carbons (Fsp3) is 0.364. The Morgan fingerprint density at radius 1 is 1.31 bits per heavy atom. The molecule has 0 aromatic heterocycles. The highest BCUT2D eigenvalue weighted by molar-refractivity contribution is 7.80. The largest absolute Gasteiger partial charge is 0.0900 e. The molecule has 2 heteroatoms. The zero-order chi connectivity index (χ0) is 9.68. The molecule has 0 saturated carbocycles. The van der Waals surface area contributed by atoms with Crippen LogP contribution in [0.5, 0.6) is 0 Å². The van der Waals surface area contributed by atoms with Gasteiger partial charge in [0.15, 0.2) is 0 Å². The molecule has 0 unspecified atom stereocenters. The molecule has 13 heavy (non-hydrogen) atoms. The molecule has 0 fully saturated rings. The standard InChI is InChI=1S/C11H13ClS/c1-9(13)3-2-4-10-5-7-11(12)8-6-10/h5-8H,2-4H2,1H3. The summed E-state index contributed by atoms with van der Waals surface area (Å²) in [5.74, 6) is 0.